The minimum atomic E-state index is -0.590. The Hall–Kier alpha value is -4.01. The first-order chi connectivity index (χ1) is 14.5. The van der Waals surface area contributed by atoms with Gasteiger partial charge in [0.2, 0.25) is 5.88 Å². The van der Waals surface area contributed by atoms with E-state index in [1.54, 1.807) is 60.8 Å². The number of amides is 1. The second kappa shape index (κ2) is 7.78. The van der Waals surface area contributed by atoms with Gasteiger partial charge in [-0.2, -0.15) is 0 Å². The third-order valence-electron chi connectivity index (χ3n) is 4.66. The van der Waals surface area contributed by atoms with Crippen LogP contribution in [-0.2, 0) is 16.1 Å². The topological polar surface area (TPSA) is 111 Å². The third-order valence-corrected chi connectivity index (χ3v) is 4.66. The van der Waals surface area contributed by atoms with Gasteiger partial charge in [0.25, 0.3) is 0 Å². The van der Waals surface area contributed by atoms with Crippen molar-refractivity contribution in [3.05, 3.63) is 60.0 Å². The number of azo groups is 1. The Morgan fingerprint density at radius 1 is 1.17 bits per heavy atom. The van der Waals surface area contributed by atoms with Gasteiger partial charge in [-0.3, -0.25) is 18.6 Å². The average Bonchev–Trinajstić information content (AvgIpc) is 3.20. The molecular formula is C21H19N5O4. The molecule has 9 heteroatoms. The fourth-order valence-corrected chi connectivity index (χ4v) is 3.38. The third kappa shape index (κ3) is 3.30. The number of pyridine rings is 1. The number of rotatable bonds is 5. The van der Waals surface area contributed by atoms with E-state index in [2.05, 4.69) is 15.2 Å². The summed E-state index contributed by atoms with van der Waals surface area (Å²) in [6.45, 7) is 3.48. The summed E-state index contributed by atoms with van der Waals surface area (Å²) in [4.78, 5) is 29.0. The maximum atomic E-state index is 12.7. The summed E-state index contributed by atoms with van der Waals surface area (Å²) in [5, 5.41) is 19.1. The Balaban J connectivity index is 1.74. The van der Waals surface area contributed by atoms with Crippen LogP contribution in [0.15, 0.2) is 58.9 Å². The van der Waals surface area contributed by atoms with Crippen molar-refractivity contribution >= 4 is 34.1 Å². The lowest BCUT2D eigenvalue weighted by atomic mass is 10.2. The van der Waals surface area contributed by atoms with Crippen LogP contribution in [0.4, 0.5) is 5.69 Å². The second-order valence-corrected chi connectivity index (χ2v) is 6.56. The van der Waals surface area contributed by atoms with Crippen molar-refractivity contribution in [2.75, 3.05) is 6.61 Å². The molecule has 0 saturated heterocycles. The quantitative estimate of drug-likeness (QED) is 0.401. The average molecular weight is 405 g/mol. The number of carbonyl (C=O) groups excluding carboxylic acids is 2. The van der Waals surface area contributed by atoms with Crippen molar-refractivity contribution in [2.45, 2.75) is 20.4 Å². The highest BCUT2D eigenvalue weighted by molar-refractivity contribution is 5.98. The SMILES string of the molecule is CCOC(=O)Cn1c(O)c(N=NC(=O)c2c(C)nc3ccccn23)c2ccccc21. The highest BCUT2D eigenvalue weighted by Gasteiger charge is 2.20. The van der Waals surface area contributed by atoms with Crippen molar-refractivity contribution in [1.29, 1.82) is 0 Å². The molecule has 3 heterocycles. The summed E-state index contributed by atoms with van der Waals surface area (Å²) in [6.07, 6.45) is 1.72. The van der Waals surface area contributed by atoms with Crippen molar-refractivity contribution in [3.63, 3.8) is 0 Å². The number of esters is 1. The molecule has 4 aromatic rings. The molecule has 0 saturated carbocycles. The highest BCUT2D eigenvalue weighted by atomic mass is 16.5. The van der Waals surface area contributed by atoms with Crippen LogP contribution in [0.1, 0.15) is 23.1 Å². The number of benzene rings is 1. The van der Waals surface area contributed by atoms with Crippen LogP contribution in [0, 0.1) is 6.92 Å². The Bertz CT molecular complexity index is 1300. The number of nitrogens with zero attached hydrogens (tertiary/aromatic N) is 5. The van der Waals surface area contributed by atoms with Crippen molar-refractivity contribution in [3.8, 4) is 5.88 Å². The summed E-state index contributed by atoms with van der Waals surface area (Å²) in [5.41, 5.74) is 2.14. The summed E-state index contributed by atoms with van der Waals surface area (Å²) in [7, 11) is 0. The summed E-state index contributed by atoms with van der Waals surface area (Å²) in [6, 6.07) is 12.4. The standard InChI is InChI=1S/C21H19N5O4/c1-3-30-17(27)12-26-15-9-5-4-8-14(15)18(21(26)29)23-24-20(28)19-13(2)22-16-10-6-7-11-25(16)19/h4-11,29H,3,12H2,1-2H3. The molecule has 3 aromatic heterocycles. The molecule has 0 radical (unpaired) electrons. The van der Waals surface area contributed by atoms with Crippen molar-refractivity contribution in [2.24, 2.45) is 10.2 Å². The Morgan fingerprint density at radius 2 is 1.93 bits per heavy atom. The molecule has 1 N–H and O–H groups in total. The van der Waals surface area contributed by atoms with Gasteiger partial charge in [0, 0.05) is 11.6 Å². The first-order valence-corrected chi connectivity index (χ1v) is 9.36. The first kappa shape index (κ1) is 19.3. The van der Waals surface area contributed by atoms with Gasteiger partial charge in [0.15, 0.2) is 5.69 Å². The van der Waals surface area contributed by atoms with Crippen molar-refractivity contribution in [1.82, 2.24) is 14.0 Å². The van der Waals surface area contributed by atoms with Crippen LogP contribution < -0.4 is 0 Å². The molecule has 0 aliphatic rings. The summed E-state index contributed by atoms with van der Waals surface area (Å²) < 4.78 is 7.99. The molecule has 4 rings (SSSR count). The van der Waals surface area contributed by atoms with Gasteiger partial charge in [0.1, 0.15) is 17.9 Å². The molecule has 9 nitrogen and oxygen atoms in total. The van der Waals surface area contributed by atoms with Crippen LogP contribution in [0.25, 0.3) is 16.6 Å². The van der Waals surface area contributed by atoms with Gasteiger partial charge >= 0.3 is 11.9 Å². The number of aromatic hydroxyl groups is 1. The number of para-hydroxylation sites is 1. The van der Waals surface area contributed by atoms with E-state index in [9.17, 15) is 14.7 Å². The van der Waals surface area contributed by atoms with E-state index in [0.29, 0.717) is 27.9 Å². The molecule has 0 bridgehead atoms. The number of hydrogen-bond donors (Lipinski definition) is 1. The van der Waals surface area contributed by atoms with E-state index in [4.69, 9.17) is 4.74 Å². The van der Waals surface area contributed by atoms with Gasteiger partial charge in [-0.25, -0.2) is 4.98 Å². The zero-order valence-corrected chi connectivity index (χ0v) is 16.4. The van der Waals surface area contributed by atoms with E-state index in [0.717, 1.165) is 0 Å². The summed E-state index contributed by atoms with van der Waals surface area (Å²) >= 11 is 0. The molecule has 0 atom stereocenters. The lowest BCUT2D eigenvalue weighted by molar-refractivity contribution is -0.143. The number of hydrogen-bond acceptors (Lipinski definition) is 6. The van der Waals surface area contributed by atoms with Gasteiger partial charge < -0.3 is 9.84 Å². The van der Waals surface area contributed by atoms with E-state index in [1.807, 2.05) is 6.07 Å². The number of imidazole rings is 1. The highest BCUT2D eigenvalue weighted by Crippen LogP contribution is 2.38. The normalized spacial score (nSPS) is 11.5. The van der Waals surface area contributed by atoms with Crippen molar-refractivity contribution < 1.29 is 19.4 Å². The lowest BCUT2D eigenvalue weighted by Crippen LogP contribution is -2.12. The second-order valence-electron chi connectivity index (χ2n) is 6.56. The smallest absolute Gasteiger partial charge is 0.326 e. The predicted molar refractivity (Wildman–Crippen MR) is 109 cm³/mol. The fourth-order valence-electron chi connectivity index (χ4n) is 3.38. The molecule has 0 fully saturated rings. The van der Waals surface area contributed by atoms with Crippen LogP contribution in [0.5, 0.6) is 5.88 Å². The zero-order valence-electron chi connectivity index (χ0n) is 16.4. The van der Waals surface area contributed by atoms with E-state index < -0.39 is 11.9 Å². The molecule has 30 heavy (non-hydrogen) atoms. The van der Waals surface area contributed by atoms with Gasteiger partial charge in [-0.1, -0.05) is 24.3 Å². The van der Waals surface area contributed by atoms with Crippen LogP contribution in [-0.4, -0.2) is 37.5 Å². The number of aromatic nitrogens is 3. The van der Waals surface area contributed by atoms with E-state index in [1.165, 1.54) is 4.57 Å². The first-order valence-electron chi connectivity index (χ1n) is 9.36. The molecular weight excluding hydrogens is 386 g/mol. The van der Waals surface area contributed by atoms with Gasteiger partial charge in [-0.05, 0) is 32.0 Å². The zero-order chi connectivity index (χ0) is 21.3. The predicted octanol–water partition coefficient (Wildman–Crippen LogP) is 3.79. The molecule has 0 unspecified atom stereocenters. The molecule has 0 aliphatic carbocycles. The number of aryl methyl sites for hydroxylation is 1. The minimum absolute atomic E-state index is 0.106. The summed E-state index contributed by atoms with van der Waals surface area (Å²) in [5.74, 6) is -1.35. The molecule has 1 amide bonds. The maximum absolute atomic E-state index is 12.7. The lowest BCUT2D eigenvalue weighted by Gasteiger charge is -2.06. The van der Waals surface area contributed by atoms with Gasteiger partial charge in [-0.15, -0.1) is 10.2 Å². The Morgan fingerprint density at radius 3 is 2.73 bits per heavy atom. The molecule has 0 aliphatic heterocycles. The van der Waals surface area contributed by atoms with Gasteiger partial charge in [0.05, 0.1) is 17.8 Å². The largest absolute Gasteiger partial charge is 0.493 e. The van der Waals surface area contributed by atoms with Crippen LogP contribution in [0.2, 0.25) is 0 Å². The number of fused-ring (bicyclic) bond motifs is 2. The van der Waals surface area contributed by atoms with E-state index >= 15 is 0 Å². The fraction of sp³-hybridized carbons (Fsp3) is 0.190. The minimum Gasteiger partial charge on any atom is -0.493 e. The van der Waals surface area contributed by atoms with E-state index in [-0.39, 0.29) is 24.7 Å². The number of ether oxygens (including phenoxy) is 1. The van der Waals surface area contributed by atoms with Crippen LogP contribution in [0.3, 0.4) is 0 Å². The number of carbonyl (C=O) groups is 2. The van der Waals surface area contributed by atoms with Crippen LogP contribution >= 0.6 is 0 Å². The molecule has 152 valence electrons. The monoisotopic (exact) mass is 405 g/mol. The maximum Gasteiger partial charge on any atom is 0.326 e. The molecule has 0 spiro atoms. The Kier molecular flexibility index (Phi) is 5.01. The molecule has 1 aromatic carbocycles. The Labute approximate surface area is 171 Å².